The van der Waals surface area contributed by atoms with Crippen molar-refractivity contribution < 1.29 is 0 Å². The molecule has 21 heavy (non-hydrogen) atoms. The van der Waals surface area contributed by atoms with Gasteiger partial charge in [-0.2, -0.15) is 0 Å². The largest absolute Gasteiger partial charge is 0.305 e. The highest BCUT2D eigenvalue weighted by Crippen LogP contribution is 2.50. The van der Waals surface area contributed by atoms with Crippen LogP contribution in [0.1, 0.15) is 75.4 Å². The molecular formula is C18H30N2S. The number of aryl methyl sites for hydroxylation is 2. The van der Waals surface area contributed by atoms with E-state index in [0.29, 0.717) is 11.3 Å². The predicted octanol–water partition coefficient (Wildman–Crippen LogP) is 4.67. The Morgan fingerprint density at radius 2 is 2.00 bits per heavy atom. The summed E-state index contributed by atoms with van der Waals surface area (Å²) >= 11 is 2.01. The highest BCUT2D eigenvalue weighted by molar-refractivity contribution is 7.11. The number of nitrogens with zero attached hydrogens (tertiary/aromatic N) is 1. The van der Waals surface area contributed by atoms with Crippen molar-refractivity contribution in [3.63, 3.8) is 0 Å². The molecule has 0 spiro atoms. The third-order valence-corrected chi connectivity index (χ3v) is 6.95. The van der Waals surface area contributed by atoms with Gasteiger partial charge in [-0.05, 0) is 62.8 Å². The van der Waals surface area contributed by atoms with E-state index in [2.05, 4.69) is 33.0 Å². The zero-order chi connectivity index (χ0) is 15.1. The number of thiazole rings is 1. The molecule has 2 aliphatic carbocycles. The minimum atomic E-state index is 0.131. The first-order valence-corrected chi connectivity index (χ1v) is 9.52. The van der Waals surface area contributed by atoms with E-state index in [1.807, 2.05) is 11.3 Å². The standard InChI is InChI=1S/C18H30N2S/c1-5-19-18(11-10-17(3,4)12-13(18)2)16-20-14-8-6-7-9-15(14)21-16/h13,19H,5-12H2,1-4H3. The Labute approximate surface area is 133 Å². The Hall–Kier alpha value is -0.410. The summed E-state index contributed by atoms with van der Waals surface area (Å²) in [6.45, 7) is 10.6. The third-order valence-electron chi connectivity index (χ3n) is 5.62. The molecule has 1 aromatic heterocycles. The maximum absolute atomic E-state index is 5.12. The Morgan fingerprint density at radius 1 is 1.24 bits per heavy atom. The molecule has 2 nitrogen and oxygen atoms in total. The highest BCUT2D eigenvalue weighted by Gasteiger charge is 2.46. The molecule has 1 saturated carbocycles. The summed E-state index contributed by atoms with van der Waals surface area (Å²) in [5.74, 6) is 0.661. The molecule has 0 amide bonds. The first kappa shape index (κ1) is 15.5. The summed E-state index contributed by atoms with van der Waals surface area (Å²) in [5, 5.41) is 5.25. The van der Waals surface area contributed by atoms with Gasteiger partial charge in [0.1, 0.15) is 5.01 Å². The minimum Gasteiger partial charge on any atom is -0.305 e. The lowest BCUT2D eigenvalue weighted by molar-refractivity contribution is 0.0727. The average molecular weight is 307 g/mol. The maximum Gasteiger partial charge on any atom is 0.114 e. The van der Waals surface area contributed by atoms with E-state index < -0.39 is 0 Å². The quantitative estimate of drug-likeness (QED) is 0.877. The first-order valence-electron chi connectivity index (χ1n) is 8.71. The molecular weight excluding hydrogens is 276 g/mol. The predicted molar refractivity (Wildman–Crippen MR) is 90.9 cm³/mol. The lowest BCUT2D eigenvalue weighted by atomic mass is 9.64. The summed E-state index contributed by atoms with van der Waals surface area (Å²) < 4.78 is 0. The van der Waals surface area contributed by atoms with Crippen LogP contribution in [-0.2, 0) is 18.4 Å². The molecule has 0 bridgehead atoms. The van der Waals surface area contributed by atoms with Gasteiger partial charge in [-0.25, -0.2) is 4.98 Å². The number of hydrogen-bond donors (Lipinski definition) is 1. The second-order valence-electron chi connectivity index (χ2n) is 7.87. The molecule has 2 atom stereocenters. The molecule has 118 valence electrons. The van der Waals surface area contributed by atoms with Crippen molar-refractivity contribution in [3.05, 3.63) is 15.6 Å². The summed E-state index contributed by atoms with van der Waals surface area (Å²) in [5.41, 5.74) is 2.03. The van der Waals surface area contributed by atoms with Crippen LogP contribution in [-0.4, -0.2) is 11.5 Å². The van der Waals surface area contributed by atoms with Crippen LogP contribution in [0.5, 0.6) is 0 Å². The van der Waals surface area contributed by atoms with Crippen molar-refractivity contribution in [1.29, 1.82) is 0 Å². The van der Waals surface area contributed by atoms with Crippen molar-refractivity contribution in [3.8, 4) is 0 Å². The van der Waals surface area contributed by atoms with Crippen molar-refractivity contribution in [2.24, 2.45) is 11.3 Å². The number of nitrogens with one attached hydrogen (secondary N) is 1. The maximum atomic E-state index is 5.12. The molecule has 1 heterocycles. The number of rotatable bonds is 3. The van der Waals surface area contributed by atoms with Crippen molar-refractivity contribution >= 4 is 11.3 Å². The van der Waals surface area contributed by atoms with Gasteiger partial charge in [0, 0.05) is 4.88 Å². The van der Waals surface area contributed by atoms with Crippen LogP contribution < -0.4 is 5.32 Å². The van der Waals surface area contributed by atoms with Gasteiger partial charge in [0.2, 0.25) is 0 Å². The fourth-order valence-corrected chi connectivity index (χ4v) is 5.86. The zero-order valence-electron chi connectivity index (χ0n) is 14.1. The van der Waals surface area contributed by atoms with Gasteiger partial charge < -0.3 is 5.32 Å². The van der Waals surface area contributed by atoms with Gasteiger partial charge in [0.15, 0.2) is 0 Å². The topological polar surface area (TPSA) is 24.9 Å². The normalized spacial score (nSPS) is 31.9. The monoisotopic (exact) mass is 306 g/mol. The van der Waals surface area contributed by atoms with Crippen LogP contribution >= 0.6 is 11.3 Å². The third kappa shape index (κ3) is 2.79. The van der Waals surface area contributed by atoms with Crippen LogP contribution in [0.3, 0.4) is 0 Å². The molecule has 2 aliphatic rings. The van der Waals surface area contributed by atoms with Crippen molar-refractivity contribution in [2.45, 2.75) is 78.2 Å². The van der Waals surface area contributed by atoms with Crippen LogP contribution in [0.25, 0.3) is 0 Å². The van der Waals surface area contributed by atoms with E-state index in [4.69, 9.17) is 4.98 Å². The highest BCUT2D eigenvalue weighted by atomic mass is 32.1. The second-order valence-corrected chi connectivity index (χ2v) is 8.95. The Morgan fingerprint density at radius 3 is 2.67 bits per heavy atom. The number of fused-ring (bicyclic) bond motifs is 1. The van der Waals surface area contributed by atoms with E-state index in [1.165, 1.54) is 55.6 Å². The Kier molecular flexibility index (Phi) is 4.17. The van der Waals surface area contributed by atoms with Gasteiger partial charge in [0.25, 0.3) is 0 Å². The van der Waals surface area contributed by atoms with Gasteiger partial charge in [-0.3, -0.25) is 0 Å². The van der Waals surface area contributed by atoms with Gasteiger partial charge in [-0.15, -0.1) is 11.3 Å². The van der Waals surface area contributed by atoms with Crippen molar-refractivity contribution in [1.82, 2.24) is 10.3 Å². The minimum absolute atomic E-state index is 0.131. The van der Waals surface area contributed by atoms with E-state index in [1.54, 1.807) is 4.88 Å². The summed E-state index contributed by atoms with van der Waals surface area (Å²) in [4.78, 5) is 6.69. The van der Waals surface area contributed by atoms with E-state index in [0.717, 1.165) is 6.54 Å². The lowest BCUT2D eigenvalue weighted by Gasteiger charge is -2.48. The Balaban J connectivity index is 1.95. The fraction of sp³-hybridized carbons (Fsp3) is 0.833. The number of aromatic nitrogens is 1. The molecule has 1 aromatic rings. The van der Waals surface area contributed by atoms with Crippen LogP contribution in [0, 0.1) is 11.3 Å². The molecule has 3 heteroatoms. The van der Waals surface area contributed by atoms with Crippen LogP contribution in [0.2, 0.25) is 0 Å². The smallest absolute Gasteiger partial charge is 0.114 e. The molecule has 3 rings (SSSR count). The zero-order valence-corrected chi connectivity index (χ0v) is 14.9. The second kappa shape index (κ2) is 5.66. The fourth-order valence-electron chi connectivity index (χ4n) is 4.40. The van der Waals surface area contributed by atoms with Crippen molar-refractivity contribution in [2.75, 3.05) is 6.54 Å². The van der Waals surface area contributed by atoms with Crippen LogP contribution in [0.4, 0.5) is 0 Å². The first-order chi connectivity index (χ1) is 9.97. The average Bonchev–Trinajstić information content (AvgIpc) is 2.86. The summed E-state index contributed by atoms with van der Waals surface area (Å²) in [6, 6.07) is 0. The summed E-state index contributed by atoms with van der Waals surface area (Å²) in [7, 11) is 0. The summed E-state index contributed by atoms with van der Waals surface area (Å²) in [6.07, 6.45) is 8.97. The molecule has 0 aliphatic heterocycles. The molecule has 2 unspecified atom stereocenters. The van der Waals surface area contributed by atoms with Gasteiger partial charge in [-0.1, -0.05) is 27.7 Å². The molecule has 0 saturated heterocycles. The molecule has 1 fully saturated rings. The van der Waals surface area contributed by atoms with Crippen LogP contribution in [0.15, 0.2) is 0 Å². The van der Waals surface area contributed by atoms with Gasteiger partial charge >= 0.3 is 0 Å². The lowest BCUT2D eigenvalue weighted by Crippen LogP contribution is -2.52. The SMILES string of the molecule is CCNC1(c2nc3c(s2)CCCC3)CCC(C)(C)CC1C. The van der Waals surface area contributed by atoms with E-state index in [-0.39, 0.29) is 5.54 Å². The molecule has 1 N–H and O–H groups in total. The molecule has 0 aromatic carbocycles. The van der Waals surface area contributed by atoms with E-state index in [9.17, 15) is 0 Å². The van der Waals surface area contributed by atoms with E-state index >= 15 is 0 Å². The molecule has 0 radical (unpaired) electrons. The number of hydrogen-bond acceptors (Lipinski definition) is 3. The van der Waals surface area contributed by atoms with Gasteiger partial charge in [0.05, 0.1) is 11.2 Å². The Bertz CT molecular complexity index is 482.